The van der Waals surface area contributed by atoms with Crippen molar-refractivity contribution >= 4 is 37.1 Å². The van der Waals surface area contributed by atoms with Crippen molar-refractivity contribution in [2.45, 2.75) is 13.0 Å². The molecular weight excluding hydrogens is 311 g/mol. The molecule has 0 spiro atoms. The van der Waals surface area contributed by atoms with Crippen LogP contribution in [0.3, 0.4) is 0 Å². The van der Waals surface area contributed by atoms with E-state index in [1.54, 1.807) is 6.92 Å². The van der Waals surface area contributed by atoms with Crippen molar-refractivity contribution < 1.29 is 12.8 Å². The second-order valence-corrected chi connectivity index (χ2v) is 7.03. The number of hydrogen-bond donors (Lipinski definition) is 2. The van der Waals surface area contributed by atoms with Gasteiger partial charge in [0.1, 0.15) is 15.7 Å². The van der Waals surface area contributed by atoms with Crippen LogP contribution in [0.5, 0.6) is 0 Å². The Morgan fingerprint density at radius 3 is 2.65 bits per heavy atom. The summed E-state index contributed by atoms with van der Waals surface area (Å²) in [6.07, 6.45) is 1.16. The molecule has 0 aliphatic carbocycles. The van der Waals surface area contributed by atoms with Gasteiger partial charge >= 0.3 is 0 Å². The van der Waals surface area contributed by atoms with E-state index in [0.29, 0.717) is 5.69 Å². The summed E-state index contributed by atoms with van der Waals surface area (Å²) in [5, 5.41) is 2.93. The molecule has 0 aromatic heterocycles. The van der Waals surface area contributed by atoms with Gasteiger partial charge in [0.05, 0.1) is 21.6 Å². The van der Waals surface area contributed by atoms with E-state index in [-0.39, 0.29) is 22.0 Å². The van der Waals surface area contributed by atoms with Crippen LogP contribution in [0.2, 0.25) is 0 Å². The van der Waals surface area contributed by atoms with E-state index in [2.05, 4.69) is 21.2 Å². The predicted molar refractivity (Wildman–Crippen MR) is 71.3 cm³/mol. The number of rotatable bonds is 4. The largest absolute Gasteiger partial charge is 0.397 e. The van der Waals surface area contributed by atoms with Crippen LogP contribution in [0.4, 0.5) is 15.8 Å². The Labute approximate surface area is 108 Å². The number of hydrogen-bond acceptors (Lipinski definition) is 4. The van der Waals surface area contributed by atoms with Crippen molar-refractivity contribution in [1.29, 1.82) is 0 Å². The summed E-state index contributed by atoms with van der Waals surface area (Å²) in [4.78, 5) is 0. The van der Waals surface area contributed by atoms with E-state index < -0.39 is 15.7 Å². The van der Waals surface area contributed by atoms with Gasteiger partial charge in [0, 0.05) is 18.4 Å². The predicted octanol–water partition coefficient (Wildman–Crippen LogP) is 2.02. The molecule has 4 nitrogen and oxygen atoms in total. The molecule has 96 valence electrons. The normalized spacial score (nSPS) is 13.4. The second kappa shape index (κ2) is 5.22. The fourth-order valence-corrected chi connectivity index (χ4v) is 2.78. The highest BCUT2D eigenvalue weighted by Crippen LogP contribution is 2.27. The molecule has 1 atom stereocenters. The summed E-state index contributed by atoms with van der Waals surface area (Å²) in [6.45, 7) is 1.72. The van der Waals surface area contributed by atoms with Gasteiger partial charge in [-0.15, -0.1) is 0 Å². The van der Waals surface area contributed by atoms with Crippen LogP contribution >= 0.6 is 15.9 Å². The molecule has 3 N–H and O–H groups in total. The third-order valence-corrected chi connectivity index (χ3v) is 3.76. The zero-order valence-corrected chi connectivity index (χ0v) is 11.9. The van der Waals surface area contributed by atoms with Crippen LogP contribution in [-0.4, -0.2) is 26.5 Å². The van der Waals surface area contributed by atoms with E-state index in [9.17, 15) is 12.8 Å². The summed E-state index contributed by atoms with van der Waals surface area (Å²) in [5.74, 6) is -0.467. The highest BCUT2D eigenvalue weighted by molar-refractivity contribution is 9.10. The zero-order chi connectivity index (χ0) is 13.2. The van der Waals surface area contributed by atoms with E-state index in [4.69, 9.17) is 5.73 Å². The maximum absolute atomic E-state index is 13.1. The number of nitrogens with two attached hydrogens (primary N) is 1. The van der Waals surface area contributed by atoms with E-state index in [1.165, 1.54) is 12.1 Å². The fraction of sp³-hybridized carbons (Fsp3) is 0.400. The lowest BCUT2D eigenvalue weighted by Crippen LogP contribution is -2.25. The minimum absolute atomic E-state index is 0.0125. The van der Waals surface area contributed by atoms with Gasteiger partial charge in [-0.05, 0) is 28.9 Å². The minimum atomic E-state index is -3.06. The molecule has 0 bridgehead atoms. The topological polar surface area (TPSA) is 72.2 Å². The molecule has 1 unspecified atom stereocenters. The maximum Gasteiger partial charge on any atom is 0.149 e. The summed E-state index contributed by atoms with van der Waals surface area (Å²) in [5.41, 5.74) is 6.38. The average molecular weight is 325 g/mol. The third-order valence-electron chi connectivity index (χ3n) is 2.05. The lowest BCUT2D eigenvalue weighted by atomic mass is 10.2. The first-order valence-electron chi connectivity index (χ1n) is 4.88. The summed E-state index contributed by atoms with van der Waals surface area (Å²) >= 11 is 3.04. The first-order chi connectivity index (χ1) is 7.69. The molecule has 0 saturated heterocycles. The summed E-state index contributed by atoms with van der Waals surface area (Å²) < 4.78 is 35.6. The lowest BCUT2D eigenvalue weighted by molar-refractivity contribution is 0.597. The molecule has 17 heavy (non-hydrogen) atoms. The van der Waals surface area contributed by atoms with Crippen LogP contribution in [0.1, 0.15) is 6.92 Å². The van der Waals surface area contributed by atoms with Gasteiger partial charge in [-0.2, -0.15) is 0 Å². The molecular formula is C10H14BrFN2O2S. The Morgan fingerprint density at radius 1 is 1.53 bits per heavy atom. The second-order valence-electron chi connectivity index (χ2n) is 3.99. The van der Waals surface area contributed by atoms with E-state index in [0.717, 1.165) is 6.26 Å². The molecule has 0 heterocycles. The summed E-state index contributed by atoms with van der Waals surface area (Å²) in [7, 11) is -3.06. The third kappa shape index (κ3) is 4.51. The number of benzene rings is 1. The smallest absolute Gasteiger partial charge is 0.149 e. The monoisotopic (exact) mass is 324 g/mol. The molecule has 0 aliphatic rings. The van der Waals surface area contributed by atoms with Gasteiger partial charge < -0.3 is 11.1 Å². The molecule has 1 aromatic rings. The van der Waals surface area contributed by atoms with Crippen LogP contribution in [0.25, 0.3) is 0 Å². The number of anilines is 2. The van der Waals surface area contributed by atoms with Gasteiger partial charge in [0.15, 0.2) is 0 Å². The Morgan fingerprint density at radius 2 is 2.12 bits per heavy atom. The highest BCUT2D eigenvalue weighted by atomic mass is 79.9. The van der Waals surface area contributed by atoms with Crippen molar-refractivity contribution in [2.24, 2.45) is 0 Å². The Kier molecular flexibility index (Phi) is 4.37. The molecule has 0 radical (unpaired) electrons. The van der Waals surface area contributed by atoms with Crippen molar-refractivity contribution in [3.8, 4) is 0 Å². The zero-order valence-electron chi connectivity index (χ0n) is 9.50. The van der Waals surface area contributed by atoms with Gasteiger partial charge in [-0.3, -0.25) is 0 Å². The molecule has 0 aliphatic heterocycles. The van der Waals surface area contributed by atoms with Crippen molar-refractivity contribution in [2.75, 3.05) is 23.1 Å². The molecule has 7 heteroatoms. The van der Waals surface area contributed by atoms with E-state index in [1.807, 2.05) is 0 Å². The average Bonchev–Trinajstić information content (AvgIpc) is 2.11. The maximum atomic E-state index is 13.1. The Bertz CT molecular complexity index is 519. The number of halogens is 2. The van der Waals surface area contributed by atoms with Crippen LogP contribution in [-0.2, 0) is 9.84 Å². The van der Waals surface area contributed by atoms with Gasteiger partial charge in [-0.1, -0.05) is 0 Å². The Balaban J connectivity index is 2.85. The molecule has 0 saturated carbocycles. The van der Waals surface area contributed by atoms with Gasteiger partial charge in [0.2, 0.25) is 0 Å². The van der Waals surface area contributed by atoms with Crippen LogP contribution in [0.15, 0.2) is 16.6 Å². The van der Waals surface area contributed by atoms with Crippen molar-refractivity contribution in [3.63, 3.8) is 0 Å². The van der Waals surface area contributed by atoms with Crippen LogP contribution in [0, 0.1) is 5.82 Å². The van der Waals surface area contributed by atoms with Gasteiger partial charge in [-0.25, -0.2) is 12.8 Å². The molecule has 0 fully saturated rings. The quantitative estimate of drug-likeness (QED) is 0.831. The van der Waals surface area contributed by atoms with Crippen molar-refractivity contribution in [3.05, 3.63) is 22.4 Å². The molecule has 1 aromatic carbocycles. The van der Waals surface area contributed by atoms with Crippen molar-refractivity contribution in [1.82, 2.24) is 0 Å². The SMILES string of the molecule is CC(CS(C)(=O)=O)Nc1cc(Br)c(F)cc1N. The first kappa shape index (κ1) is 14.2. The first-order valence-corrected chi connectivity index (χ1v) is 7.73. The number of nitrogens with one attached hydrogen (secondary N) is 1. The van der Waals surface area contributed by atoms with Crippen LogP contribution < -0.4 is 11.1 Å². The van der Waals surface area contributed by atoms with Gasteiger partial charge in [0.25, 0.3) is 0 Å². The van der Waals surface area contributed by atoms with E-state index >= 15 is 0 Å². The minimum Gasteiger partial charge on any atom is -0.397 e. The standard InChI is InChI=1S/C10H14BrFN2O2S/c1-6(5-17(2,15)16)14-10-3-7(11)8(12)4-9(10)13/h3-4,6,14H,5,13H2,1-2H3. The fourth-order valence-electron chi connectivity index (χ4n) is 1.45. The molecule has 0 amide bonds. The number of nitrogen functional groups attached to an aromatic ring is 1. The highest BCUT2D eigenvalue weighted by Gasteiger charge is 2.13. The summed E-state index contributed by atoms with van der Waals surface area (Å²) in [6, 6.07) is 2.37. The molecule has 1 rings (SSSR count). The number of sulfone groups is 1. The lowest BCUT2D eigenvalue weighted by Gasteiger charge is -2.16. The Hall–Kier alpha value is -0.820.